The van der Waals surface area contributed by atoms with Gasteiger partial charge in [-0.05, 0) is 45.4 Å². The smallest absolute Gasteiger partial charge is 0.317 e. The molecule has 2 amide bonds. The van der Waals surface area contributed by atoms with Gasteiger partial charge in [0.2, 0.25) is 0 Å². The van der Waals surface area contributed by atoms with E-state index in [1.807, 2.05) is 0 Å². The molecule has 3 fully saturated rings. The van der Waals surface area contributed by atoms with Gasteiger partial charge in [0, 0.05) is 37.8 Å². The Kier molecular flexibility index (Phi) is 5.24. The summed E-state index contributed by atoms with van der Waals surface area (Å²) < 4.78 is 5.41. The molecule has 0 aromatic carbocycles. The maximum absolute atomic E-state index is 12.7. The molecule has 126 valence electrons. The number of ether oxygens (including phenoxy) is 1. The van der Waals surface area contributed by atoms with E-state index in [1.54, 1.807) is 0 Å². The van der Waals surface area contributed by atoms with Crippen LogP contribution in [0.5, 0.6) is 0 Å². The largest absolute Gasteiger partial charge is 0.379 e. The summed E-state index contributed by atoms with van der Waals surface area (Å²) in [4.78, 5) is 17.2. The normalized spacial score (nSPS) is 29.9. The van der Waals surface area contributed by atoms with Crippen LogP contribution in [0.2, 0.25) is 0 Å². The summed E-state index contributed by atoms with van der Waals surface area (Å²) in [5, 5.41) is 3.26. The lowest BCUT2D eigenvalue weighted by atomic mass is 9.79. The molecule has 0 aromatic heterocycles. The highest BCUT2D eigenvalue weighted by Crippen LogP contribution is 2.37. The van der Waals surface area contributed by atoms with Crippen LogP contribution >= 0.6 is 0 Å². The zero-order valence-corrected chi connectivity index (χ0v) is 14.1. The lowest BCUT2D eigenvalue weighted by Crippen LogP contribution is -2.55. The highest BCUT2D eigenvalue weighted by molar-refractivity contribution is 5.75. The van der Waals surface area contributed by atoms with Crippen LogP contribution in [0.25, 0.3) is 0 Å². The van der Waals surface area contributed by atoms with Gasteiger partial charge in [-0.3, -0.25) is 4.90 Å². The van der Waals surface area contributed by atoms with E-state index < -0.39 is 0 Å². The first-order chi connectivity index (χ1) is 10.7. The van der Waals surface area contributed by atoms with E-state index >= 15 is 0 Å². The molecule has 0 unspecified atom stereocenters. The Labute approximate surface area is 134 Å². The van der Waals surface area contributed by atoms with Crippen molar-refractivity contribution < 1.29 is 9.53 Å². The molecule has 3 rings (SSSR count). The maximum atomic E-state index is 12.7. The highest BCUT2D eigenvalue weighted by Gasteiger charge is 2.38. The van der Waals surface area contributed by atoms with Crippen molar-refractivity contribution in [2.75, 3.05) is 32.8 Å². The van der Waals surface area contributed by atoms with E-state index in [9.17, 15) is 4.79 Å². The number of hydrogen-bond donors (Lipinski definition) is 1. The summed E-state index contributed by atoms with van der Waals surface area (Å²) in [5.41, 5.74) is 0. The standard InChI is InChI=1S/C17H31N3O2/c1-13(14(2)19-9-11-22-12-10-19)18-17(21)20-8-4-7-16(20)15-5-3-6-15/h13-16H,3-12H2,1-2H3,(H,18,21)/t13-,14+,16+/m0/s1. The topological polar surface area (TPSA) is 44.8 Å². The minimum atomic E-state index is 0.155. The zero-order valence-electron chi connectivity index (χ0n) is 14.1. The van der Waals surface area contributed by atoms with Crippen molar-refractivity contribution >= 4 is 6.03 Å². The van der Waals surface area contributed by atoms with Crippen molar-refractivity contribution in [2.45, 2.75) is 64.1 Å². The average molecular weight is 309 g/mol. The van der Waals surface area contributed by atoms with Crippen molar-refractivity contribution in [3.63, 3.8) is 0 Å². The molecular formula is C17H31N3O2. The lowest BCUT2D eigenvalue weighted by Gasteiger charge is -2.39. The Morgan fingerprint density at radius 1 is 1.09 bits per heavy atom. The Bertz CT molecular complexity index is 380. The van der Waals surface area contributed by atoms with Gasteiger partial charge < -0.3 is 15.0 Å². The van der Waals surface area contributed by atoms with Gasteiger partial charge in [-0.1, -0.05) is 6.42 Å². The Morgan fingerprint density at radius 3 is 2.45 bits per heavy atom. The second-order valence-electron chi connectivity index (χ2n) is 7.22. The zero-order chi connectivity index (χ0) is 15.5. The van der Waals surface area contributed by atoms with Gasteiger partial charge in [0.15, 0.2) is 0 Å². The number of nitrogens with zero attached hydrogens (tertiary/aromatic N) is 2. The maximum Gasteiger partial charge on any atom is 0.317 e. The van der Waals surface area contributed by atoms with Crippen molar-refractivity contribution in [3.8, 4) is 0 Å². The van der Waals surface area contributed by atoms with Gasteiger partial charge in [0.1, 0.15) is 0 Å². The molecule has 0 spiro atoms. The van der Waals surface area contributed by atoms with E-state index in [2.05, 4.69) is 29.0 Å². The van der Waals surface area contributed by atoms with Crippen LogP contribution in [0.1, 0.15) is 46.0 Å². The van der Waals surface area contributed by atoms with Crippen molar-refractivity contribution in [2.24, 2.45) is 5.92 Å². The molecule has 2 aliphatic heterocycles. The van der Waals surface area contributed by atoms with Gasteiger partial charge in [-0.25, -0.2) is 4.79 Å². The summed E-state index contributed by atoms with van der Waals surface area (Å²) in [6, 6.07) is 1.19. The summed E-state index contributed by atoms with van der Waals surface area (Å²) in [7, 11) is 0. The third-order valence-corrected chi connectivity index (χ3v) is 5.95. The van der Waals surface area contributed by atoms with Crippen LogP contribution in [0.3, 0.4) is 0 Å². The van der Waals surface area contributed by atoms with Crippen LogP contribution in [0.15, 0.2) is 0 Å². The first kappa shape index (κ1) is 16.1. The quantitative estimate of drug-likeness (QED) is 0.865. The minimum Gasteiger partial charge on any atom is -0.379 e. The third kappa shape index (κ3) is 3.40. The molecule has 0 bridgehead atoms. The Morgan fingerprint density at radius 2 is 1.82 bits per heavy atom. The molecule has 1 N–H and O–H groups in total. The lowest BCUT2D eigenvalue weighted by molar-refractivity contribution is 0.0139. The van der Waals surface area contributed by atoms with Crippen LogP contribution in [0.4, 0.5) is 4.79 Å². The molecular weight excluding hydrogens is 278 g/mol. The Hall–Kier alpha value is -0.810. The van der Waals surface area contributed by atoms with Gasteiger partial charge in [0.25, 0.3) is 0 Å². The van der Waals surface area contributed by atoms with Gasteiger partial charge in [0.05, 0.1) is 13.2 Å². The highest BCUT2D eigenvalue weighted by atomic mass is 16.5. The van der Waals surface area contributed by atoms with E-state index in [-0.39, 0.29) is 12.1 Å². The molecule has 0 aromatic rings. The molecule has 1 saturated carbocycles. The number of hydrogen-bond acceptors (Lipinski definition) is 3. The fourth-order valence-electron chi connectivity index (χ4n) is 4.06. The molecule has 5 nitrogen and oxygen atoms in total. The fraction of sp³-hybridized carbons (Fsp3) is 0.941. The average Bonchev–Trinajstić information content (AvgIpc) is 2.94. The molecule has 2 saturated heterocycles. The van der Waals surface area contributed by atoms with Crippen LogP contribution in [-0.4, -0.2) is 66.8 Å². The number of urea groups is 1. The van der Waals surface area contributed by atoms with E-state index in [1.165, 1.54) is 32.1 Å². The SMILES string of the molecule is C[C@H](NC(=O)N1CCC[C@@H]1C1CCC1)[C@@H](C)N1CCOCC1. The Balaban J connectivity index is 1.51. The van der Waals surface area contributed by atoms with Gasteiger partial charge in [-0.2, -0.15) is 0 Å². The first-order valence-electron chi connectivity index (χ1n) is 9.05. The molecule has 3 atom stereocenters. The minimum absolute atomic E-state index is 0.155. The number of rotatable bonds is 4. The van der Waals surface area contributed by atoms with Gasteiger partial charge in [-0.15, -0.1) is 0 Å². The van der Waals surface area contributed by atoms with Crippen molar-refractivity contribution in [3.05, 3.63) is 0 Å². The summed E-state index contributed by atoms with van der Waals surface area (Å²) in [6.45, 7) is 8.83. The molecule has 5 heteroatoms. The van der Waals surface area contributed by atoms with E-state index in [0.717, 1.165) is 38.8 Å². The second kappa shape index (κ2) is 7.18. The van der Waals surface area contributed by atoms with Crippen molar-refractivity contribution in [1.82, 2.24) is 15.1 Å². The molecule has 0 radical (unpaired) electrons. The number of nitrogens with one attached hydrogen (secondary N) is 1. The summed E-state index contributed by atoms with van der Waals surface area (Å²) >= 11 is 0. The second-order valence-corrected chi connectivity index (χ2v) is 7.22. The number of carbonyl (C=O) groups is 1. The van der Waals surface area contributed by atoms with Crippen LogP contribution in [0, 0.1) is 5.92 Å². The number of amides is 2. The van der Waals surface area contributed by atoms with Crippen molar-refractivity contribution in [1.29, 1.82) is 0 Å². The van der Waals surface area contributed by atoms with Crippen LogP contribution < -0.4 is 5.32 Å². The molecule has 2 heterocycles. The van der Waals surface area contributed by atoms with Gasteiger partial charge >= 0.3 is 6.03 Å². The number of carbonyl (C=O) groups excluding carboxylic acids is 1. The predicted octanol–water partition coefficient (Wildman–Crippen LogP) is 2.07. The fourth-order valence-corrected chi connectivity index (χ4v) is 4.06. The summed E-state index contributed by atoms with van der Waals surface area (Å²) in [6.07, 6.45) is 6.34. The predicted molar refractivity (Wildman–Crippen MR) is 86.9 cm³/mol. The number of morpholine rings is 1. The van der Waals surface area contributed by atoms with E-state index in [4.69, 9.17) is 4.74 Å². The molecule has 3 aliphatic rings. The molecule has 22 heavy (non-hydrogen) atoms. The third-order valence-electron chi connectivity index (χ3n) is 5.95. The summed E-state index contributed by atoms with van der Waals surface area (Å²) in [5.74, 6) is 0.764. The first-order valence-corrected chi connectivity index (χ1v) is 9.05. The molecule has 1 aliphatic carbocycles. The van der Waals surface area contributed by atoms with E-state index in [0.29, 0.717) is 12.1 Å². The van der Waals surface area contributed by atoms with Crippen LogP contribution in [-0.2, 0) is 4.74 Å². The monoisotopic (exact) mass is 309 g/mol. The number of likely N-dealkylation sites (tertiary alicyclic amines) is 1.